The molecule has 0 spiro atoms. The van der Waals surface area contributed by atoms with Crippen LogP contribution in [0.1, 0.15) is 11.1 Å². The van der Waals surface area contributed by atoms with E-state index in [9.17, 15) is 4.39 Å². The van der Waals surface area contributed by atoms with Crippen molar-refractivity contribution in [3.63, 3.8) is 0 Å². The summed E-state index contributed by atoms with van der Waals surface area (Å²) in [7, 11) is 1.61. The van der Waals surface area contributed by atoms with E-state index in [0.29, 0.717) is 5.56 Å². The number of hydrogen-bond donors (Lipinski definition) is 0. The molecule has 0 saturated heterocycles. The summed E-state index contributed by atoms with van der Waals surface area (Å²) in [4.78, 5) is 0. The Kier molecular flexibility index (Phi) is 4.63. The van der Waals surface area contributed by atoms with Gasteiger partial charge in [-0.25, -0.2) is 4.39 Å². The van der Waals surface area contributed by atoms with Crippen molar-refractivity contribution in [3.8, 4) is 11.5 Å². The van der Waals surface area contributed by atoms with E-state index in [2.05, 4.69) is 0 Å². The quantitative estimate of drug-likeness (QED) is 0.766. The average Bonchev–Trinajstić information content (AvgIpc) is 2.46. The monoisotopic (exact) mass is 280 g/mol. The molecule has 2 aromatic carbocycles. The molecule has 0 aromatic heterocycles. The third kappa shape index (κ3) is 3.38. The molecule has 0 N–H and O–H groups in total. The highest BCUT2D eigenvalue weighted by molar-refractivity contribution is 6.17. The van der Waals surface area contributed by atoms with Crippen molar-refractivity contribution in [1.29, 1.82) is 0 Å². The molecule has 0 bridgehead atoms. The maximum Gasteiger partial charge on any atom is 0.165 e. The van der Waals surface area contributed by atoms with Gasteiger partial charge in [0, 0.05) is 5.56 Å². The fraction of sp³-hybridized carbons (Fsp3) is 0.200. The van der Waals surface area contributed by atoms with Gasteiger partial charge in [-0.05, 0) is 23.8 Å². The molecule has 19 heavy (non-hydrogen) atoms. The molecule has 0 radical (unpaired) electrons. The lowest BCUT2D eigenvalue weighted by atomic mass is 10.2. The van der Waals surface area contributed by atoms with Crippen LogP contribution in [0.3, 0.4) is 0 Å². The minimum Gasteiger partial charge on any atom is -0.497 e. The van der Waals surface area contributed by atoms with Crippen molar-refractivity contribution < 1.29 is 13.9 Å². The first kappa shape index (κ1) is 13.7. The standard InChI is InChI=1S/C15H14ClFO2/c1-18-13-7-5-11(6-8-13)10-19-15-12(9-16)3-2-4-14(15)17/h2-8H,9-10H2,1H3. The van der Waals surface area contributed by atoms with Crippen LogP contribution in [0.4, 0.5) is 4.39 Å². The summed E-state index contributed by atoms with van der Waals surface area (Å²) in [6, 6.07) is 12.2. The summed E-state index contributed by atoms with van der Waals surface area (Å²) in [6.45, 7) is 0.287. The highest BCUT2D eigenvalue weighted by Gasteiger charge is 2.09. The summed E-state index contributed by atoms with van der Waals surface area (Å²) in [5.74, 6) is 0.812. The Morgan fingerprint density at radius 3 is 2.47 bits per heavy atom. The van der Waals surface area contributed by atoms with Gasteiger partial charge in [0.05, 0.1) is 13.0 Å². The molecule has 2 nitrogen and oxygen atoms in total. The van der Waals surface area contributed by atoms with Crippen LogP contribution in [-0.2, 0) is 12.5 Å². The fourth-order valence-corrected chi connectivity index (χ4v) is 1.91. The maximum absolute atomic E-state index is 13.7. The maximum atomic E-state index is 13.7. The van der Waals surface area contributed by atoms with Crippen LogP contribution < -0.4 is 9.47 Å². The summed E-state index contributed by atoms with van der Waals surface area (Å²) < 4.78 is 24.2. The third-order valence-corrected chi connectivity index (χ3v) is 3.02. The minimum absolute atomic E-state index is 0.216. The summed E-state index contributed by atoms with van der Waals surface area (Å²) in [5, 5.41) is 0. The van der Waals surface area contributed by atoms with Gasteiger partial charge in [-0.2, -0.15) is 0 Å². The molecular weight excluding hydrogens is 267 g/mol. The second-order valence-electron chi connectivity index (χ2n) is 4.00. The van der Waals surface area contributed by atoms with Crippen molar-refractivity contribution in [1.82, 2.24) is 0 Å². The van der Waals surface area contributed by atoms with Crippen molar-refractivity contribution >= 4 is 11.6 Å². The third-order valence-electron chi connectivity index (χ3n) is 2.73. The molecule has 2 rings (SSSR count). The molecule has 0 aliphatic rings. The summed E-state index contributed by atoms with van der Waals surface area (Å²) >= 11 is 5.76. The molecule has 0 aliphatic heterocycles. The smallest absolute Gasteiger partial charge is 0.165 e. The number of alkyl halides is 1. The predicted molar refractivity (Wildman–Crippen MR) is 73.3 cm³/mol. The number of hydrogen-bond acceptors (Lipinski definition) is 2. The van der Waals surface area contributed by atoms with Crippen LogP contribution in [0, 0.1) is 5.82 Å². The van der Waals surface area contributed by atoms with E-state index >= 15 is 0 Å². The molecule has 0 heterocycles. The van der Waals surface area contributed by atoms with Gasteiger partial charge in [0.15, 0.2) is 11.6 Å². The molecule has 100 valence electrons. The Balaban J connectivity index is 2.09. The van der Waals surface area contributed by atoms with E-state index in [1.165, 1.54) is 6.07 Å². The van der Waals surface area contributed by atoms with Crippen molar-refractivity contribution in [3.05, 3.63) is 59.4 Å². The van der Waals surface area contributed by atoms with Gasteiger partial charge in [0.2, 0.25) is 0 Å². The molecule has 0 unspecified atom stereocenters. The van der Waals surface area contributed by atoms with Crippen LogP contribution in [0.2, 0.25) is 0 Å². The van der Waals surface area contributed by atoms with Crippen LogP contribution in [0.25, 0.3) is 0 Å². The summed E-state index contributed by atoms with van der Waals surface area (Å²) in [5.41, 5.74) is 1.58. The average molecular weight is 281 g/mol. The second-order valence-corrected chi connectivity index (χ2v) is 4.27. The Bertz CT molecular complexity index is 540. The lowest BCUT2D eigenvalue weighted by Crippen LogP contribution is -2.00. The van der Waals surface area contributed by atoms with E-state index in [4.69, 9.17) is 21.1 Å². The number of benzene rings is 2. The zero-order chi connectivity index (χ0) is 13.7. The SMILES string of the molecule is COc1ccc(COc2c(F)cccc2CCl)cc1. The molecule has 0 aliphatic carbocycles. The van der Waals surface area contributed by atoms with E-state index < -0.39 is 5.82 Å². The lowest BCUT2D eigenvalue weighted by molar-refractivity contribution is 0.287. The molecule has 4 heteroatoms. The van der Waals surface area contributed by atoms with Crippen LogP contribution in [0.15, 0.2) is 42.5 Å². The van der Waals surface area contributed by atoms with Gasteiger partial charge in [-0.3, -0.25) is 0 Å². The number of rotatable bonds is 5. The van der Waals surface area contributed by atoms with E-state index in [0.717, 1.165) is 11.3 Å². The highest BCUT2D eigenvalue weighted by atomic mass is 35.5. The zero-order valence-corrected chi connectivity index (χ0v) is 11.3. The topological polar surface area (TPSA) is 18.5 Å². The highest BCUT2D eigenvalue weighted by Crippen LogP contribution is 2.25. The van der Waals surface area contributed by atoms with Crippen molar-refractivity contribution in [2.75, 3.05) is 7.11 Å². The first-order chi connectivity index (χ1) is 9.24. The van der Waals surface area contributed by atoms with Gasteiger partial charge >= 0.3 is 0 Å². The van der Waals surface area contributed by atoms with Crippen molar-refractivity contribution in [2.45, 2.75) is 12.5 Å². The largest absolute Gasteiger partial charge is 0.497 e. The lowest BCUT2D eigenvalue weighted by Gasteiger charge is -2.11. The van der Waals surface area contributed by atoms with Gasteiger partial charge in [-0.15, -0.1) is 11.6 Å². The Hall–Kier alpha value is -1.74. The zero-order valence-electron chi connectivity index (χ0n) is 10.5. The van der Waals surface area contributed by atoms with Crippen molar-refractivity contribution in [2.24, 2.45) is 0 Å². The number of ether oxygens (including phenoxy) is 2. The van der Waals surface area contributed by atoms with Gasteiger partial charge in [0.25, 0.3) is 0 Å². The van der Waals surface area contributed by atoms with Crippen LogP contribution >= 0.6 is 11.6 Å². The van der Waals surface area contributed by atoms with E-state index in [1.807, 2.05) is 24.3 Å². The fourth-order valence-electron chi connectivity index (χ4n) is 1.70. The first-order valence-corrected chi connectivity index (χ1v) is 6.37. The first-order valence-electron chi connectivity index (χ1n) is 5.83. The number of methoxy groups -OCH3 is 1. The number of para-hydroxylation sites is 1. The van der Waals surface area contributed by atoms with E-state index in [1.54, 1.807) is 19.2 Å². The summed E-state index contributed by atoms with van der Waals surface area (Å²) in [6.07, 6.45) is 0. The predicted octanol–water partition coefficient (Wildman–Crippen LogP) is 4.15. The molecule has 0 atom stereocenters. The van der Waals surface area contributed by atoms with Crippen LogP contribution in [-0.4, -0.2) is 7.11 Å². The minimum atomic E-state index is -0.397. The Labute approximate surface area is 116 Å². The number of halogens is 2. The van der Waals surface area contributed by atoms with E-state index in [-0.39, 0.29) is 18.2 Å². The normalized spacial score (nSPS) is 10.3. The van der Waals surface area contributed by atoms with Gasteiger partial charge in [0.1, 0.15) is 12.4 Å². The molecule has 0 saturated carbocycles. The molecule has 0 amide bonds. The molecule has 0 fully saturated rings. The van der Waals surface area contributed by atoms with Gasteiger partial charge in [-0.1, -0.05) is 24.3 Å². The van der Waals surface area contributed by atoms with Crippen LogP contribution in [0.5, 0.6) is 11.5 Å². The Morgan fingerprint density at radius 1 is 1.11 bits per heavy atom. The molecule has 2 aromatic rings. The molecular formula is C15H14ClFO2. The Morgan fingerprint density at radius 2 is 1.84 bits per heavy atom. The second kappa shape index (κ2) is 6.43. The van der Waals surface area contributed by atoms with Gasteiger partial charge < -0.3 is 9.47 Å².